The van der Waals surface area contributed by atoms with Crippen molar-refractivity contribution in [3.8, 4) is 0 Å². The van der Waals surface area contributed by atoms with Gasteiger partial charge in [-0.05, 0) is 25.3 Å². The van der Waals surface area contributed by atoms with Crippen molar-refractivity contribution in [3.63, 3.8) is 0 Å². The highest BCUT2D eigenvalue weighted by atomic mass is 16.6. The van der Waals surface area contributed by atoms with Crippen LogP contribution in [0.25, 0.3) is 0 Å². The Morgan fingerprint density at radius 3 is 1.81 bits per heavy atom. The lowest BCUT2D eigenvalue weighted by atomic mass is 10.1. The average molecular weight is 297 g/mol. The molecule has 0 amide bonds. The number of hydrogen-bond acceptors (Lipinski definition) is 2. The lowest BCUT2D eigenvalue weighted by Gasteiger charge is -2.01. The summed E-state index contributed by atoms with van der Waals surface area (Å²) in [7, 11) is 0. The standard InChI is InChI=1S/C18H35NO2/c1-3-5-7-9-11-13-15-17-18(19(20)21)16-14-12-10-8-6-4-2/h17H,3-16H2,1-2H3/b18-17+. The van der Waals surface area contributed by atoms with Gasteiger partial charge in [0.1, 0.15) is 0 Å². The molecule has 0 fully saturated rings. The van der Waals surface area contributed by atoms with Crippen LogP contribution in [0.4, 0.5) is 0 Å². The number of unbranched alkanes of at least 4 members (excludes halogenated alkanes) is 11. The molecule has 0 aromatic heterocycles. The van der Waals surface area contributed by atoms with E-state index in [1.807, 2.05) is 6.08 Å². The first-order valence-corrected chi connectivity index (χ1v) is 9.05. The molecule has 0 N–H and O–H groups in total. The molecule has 124 valence electrons. The van der Waals surface area contributed by atoms with Crippen molar-refractivity contribution in [1.82, 2.24) is 0 Å². The van der Waals surface area contributed by atoms with Crippen molar-refractivity contribution in [3.05, 3.63) is 21.9 Å². The van der Waals surface area contributed by atoms with Gasteiger partial charge in [0.2, 0.25) is 5.70 Å². The van der Waals surface area contributed by atoms with Crippen molar-refractivity contribution < 1.29 is 4.92 Å². The molecule has 0 radical (unpaired) electrons. The molecule has 0 bridgehead atoms. The molecule has 0 aromatic rings. The zero-order chi connectivity index (χ0) is 15.8. The predicted octanol–water partition coefficient (Wildman–Crippen LogP) is 6.65. The van der Waals surface area contributed by atoms with Gasteiger partial charge in [-0.2, -0.15) is 0 Å². The minimum atomic E-state index is -0.177. The van der Waals surface area contributed by atoms with Crippen LogP contribution in [0.5, 0.6) is 0 Å². The van der Waals surface area contributed by atoms with Gasteiger partial charge in [-0.1, -0.05) is 78.1 Å². The van der Waals surface area contributed by atoms with Gasteiger partial charge in [0.05, 0.1) is 4.92 Å². The molecule has 0 aliphatic carbocycles. The first-order chi connectivity index (χ1) is 10.2. The maximum absolute atomic E-state index is 11.0. The molecular formula is C18H35NO2. The Morgan fingerprint density at radius 1 is 0.810 bits per heavy atom. The number of rotatable bonds is 15. The normalized spacial score (nSPS) is 11.8. The number of hydrogen-bond donors (Lipinski definition) is 0. The highest BCUT2D eigenvalue weighted by Crippen LogP contribution is 2.14. The summed E-state index contributed by atoms with van der Waals surface area (Å²) in [6.07, 6.45) is 18.0. The Hall–Kier alpha value is -0.860. The fourth-order valence-corrected chi connectivity index (χ4v) is 2.55. The van der Waals surface area contributed by atoms with Crippen LogP contribution < -0.4 is 0 Å². The Bertz CT molecular complexity index is 274. The van der Waals surface area contributed by atoms with Crippen molar-refractivity contribution >= 4 is 0 Å². The number of nitrogens with zero attached hydrogens (tertiary/aromatic N) is 1. The molecular weight excluding hydrogens is 262 g/mol. The largest absolute Gasteiger partial charge is 0.259 e. The van der Waals surface area contributed by atoms with Crippen LogP contribution in [-0.2, 0) is 0 Å². The van der Waals surface area contributed by atoms with E-state index in [4.69, 9.17) is 0 Å². The minimum absolute atomic E-state index is 0.177. The summed E-state index contributed by atoms with van der Waals surface area (Å²) in [5.74, 6) is 0. The van der Waals surface area contributed by atoms with Gasteiger partial charge in [-0.15, -0.1) is 0 Å². The van der Waals surface area contributed by atoms with E-state index in [1.54, 1.807) is 0 Å². The molecule has 3 heteroatoms. The Labute approximate surface area is 131 Å². The fourth-order valence-electron chi connectivity index (χ4n) is 2.55. The third-order valence-electron chi connectivity index (χ3n) is 3.96. The van der Waals surface area contributed by atoms with E-state index >= 15 is 0 Å². The van der Waals surface area contributed by atoms with E-state index in [1.165, 1.54) is 57.8 Å². The van der Waals surface area contributed by atoms with Crippen molar-refractivity contribution in [1.29, 1.82) is 0 Å². The number of nitro groups is 1. The van der Waals surface area contributed by atoms with E-state index in [0.29, 0.717) is 12.1 Å². The van der Waals surface area contributed by atoms with E-state index < -0.39 is 0 Å². The summed E-state index contributed by atoms with van der Waals surface area (Å²) in [5, 5.41) is 11.0. The van der Waals surface area contributed by atoms with Gasteiger partial charge in [0, 0.05) is 6.42 Å². The quantitative estimate of drug-likeness (QED) is 0.193. The van der Waals surface area contributed by atoms with Crippen molar-refractivity contribution in [2.45, 2.75) is 104 Å². The van der Waals surface area contributed by atoms with Gasteiger partial charge in [-0.3, -0.25) is 10.1 Å². The molecule has 0 spiro atoms. The van der Waals surface area contributed by atoms with E-state index in [9.17, 15) is 10.1 Å². The molecule has 0 atom stereocenters. The maximum Gasteiger partial charge on any atom is 0.242 e. The molecule has 0 aromatic carbocycles. The summed E-state index contributed by atoms with van der Waals surface area (Å²) < 4.78 is 0. The van der Waals surface area contributed by atoms with Crippen LogP contribution >= 0.6 is 0 Å². The first-order valence-electron chi connectivity index (χ1n) is 9.05. The highest BCUT2D eigenvalue weighted by Gasteiger charge is 2.09. The summed E-state index contributed by atoms with van der Waals surface area (Å²) in [6, 6.07) is 0. The summed E-state index contributed by atoms with van der Waals surface area (Å²) in [4.78, 5) is 10.8. The van der Waals surface area contributed by atoms with E-state index in [0.717, 1.165) is 25.7 Å². The second kappa shape index (κ2) is 15.5. The SMILES string of the molecule is CCCCCCCC/C=C(\CCCCCCCC)[N+](=O)[O-]. The average Bonchev–Trinajstić information content (AvgIpc) is 2.47. The smallest absolute Gasteiger partial charge is 0.242 e. The zero-order valence-corrected chi connectivity index (χ0v) is 14.2. The minimum Gasteiger partial charge on any atom is -0.259 e. The second-order valence-electron chi connectivity index (χ2n) is 6.03. The van der Waals surface area contributed by atoms with Crippen LogP contribution in [0.15, 0.2) is 11.8 Å². The third-order valence-corrected chi connectivity index (χ3v) is 3.96. The van der Waals surface area contributed by atoms with Crippen LogP contribution in [0.2, 0.25) is 0 Å². The fraction of sp³-hybridized carbons (Fsp3) is 0.889. The van der Waals surface area contributed by atoms with Crippen molar-refractivity contribution in [2.75, 3.05) is 0 Å². The zero-order valence-electron chi connectivity index (χ0n) is 14.2. The van der Waals surface area contributed by atoms with Crippen molar-refractivity contribution in [2.24, 2.45) is 0 Å². The number of allylic oxidation sites excluding steroid dienone is 2. The second-order valence-corrected chi connectivity index (χ2v) is 6.03. The van der Waals surface area contributed by atoms with Crippen LogP contribution in [0.3, 0.4) is 0 Å². The first kappa shape index (κ1) is 20.1. The molecule has 0 aliphatic heterocycles. The molecule has 0 heterocycles. The molecule has 0 aliphatic rings. The van der Waals surface area contributed by atoms with E-state index in [2.05, 4.69) is 13.8 Å². The van der Waals surface area contributed by atoms with Crippen LogP contribution in [0, 0.1) is 10.1 Å². The summed E-state index contributed by atoms with van der Waals surface area (Å²) >= 11 is 0. The van der Waals surface area contributed by atoms with Gasteiger partial charge >= 0.3 is 0 Å². The molecule has 0 saturated heterocycles. The summed E-state index contributed by atoms with van der Waals surface area (Å²) in [5.41, 5.74) is 0.444. The molecule has 21 heavy (non-hydrogen) atoms. The Balaban J connectivity index is 3.69. The molecule has 0 unspecified atom stereocenters. The van der Waals surface area contributed by atoms with Crippen LogP contribution in [0.1, 0.15) is 104 Å². The Morgan fingerprint density at radius 2 is 1.29 bits per heavy atom. The molecule has 0 rings (SSSR count). The highest BCUT2D eigenvalue weighted by molar-refractivity contribution is 4.91. The lowest BCUT2D eigenvalue weighted by Crippen LogP contribution is -1.99. The molecule has 3 nitrogen and oxygen atoms in total. The maximum atomic E-state index is 11.0. The third kappa shape index (κ3) is 13.9. The summed E-state index contributed by atoms with van der Waals surface area (Å²) in [6.45, 7) is 4.42. The lowest BCUT2D eigenvalue weighted by molar-refractivity contribution is -0.428. The topological polar surface area (TPSA) is 43.1 Å². The van der Waals surface area contributed by atoms with Gasteiger partial charge in [0.25, 0.3) is 0 Å². The predicted molar refractivity (Wildman–Crippen MR) is 91.1 cm³/mol. The monoisotopic (exact) mass is 297 g/mol. The van der Waals surface area contributed by atoms with E-state index in [-0.39, 0.29) is 4.92 Å². The van der Waals surface area contributed by atoms with Gasteiger partial charge < -0.3 is 0 Å². The van der Waals surface area contributed by atoms with Crippen LogP contribution in [-0.4, -0.2) is 4.92 Å². The molecule has 0 saturated carbocycles. The van der Waals surface area contributed by atoms with Gasteiger partial charge in [0.15, 0.2) is 0 Å². The Kier molecular flexibility index (Phi) is 14.9. The van der Waals surface area contributed by atoms with Gasteiger partial charge in [-0.25, -0.2) is 0 Å².